The minimum absolute atomic E-state index is 0.246. The SMILES string of the molecule is O=C1CCC(c2ccc3c(c2)CN(S(=O)(=O)c2ccc(N4CCOCC4)cc2)C3)C(=O)N1. The molecule has 1 N–H and O–H groups in total. The highest BCUT2D eigenvalue weighted by molar-refractivity contribution is 7.89. The highest BCUT2D eigenvalue weighted by atomic mass is 32.2. The Morgan fingerprint density at radius 2 is 1.66 bits per heavy atom. The molecule has 2 fully saturated rings. The molecule has 2 amide bonds. The summed E-state index contributed by atoms with van der Waals surface area (Å²) < 4.78 is 33.4. The van der Waals surface area contributed by atoms with Crippen molar-refractivity contribution in [2.75, 3.05) is 31.2 Å². The van der Waals surface area contributed by atoms with Crippen molar-refractivity contribution in [2.45, 2.75) is 36.7 Å². The van der Waals surface area contributed by atoms with Crippen molar-refractivity contribution in [1.82, 2.24) is 9.62 Å². The van der Waals surface area contributed by atoms with Crippen molar-refractivity contribution in [3.8, 4) is 0 Å². The van der Waals surface area contributed by atoms with E-state index in [4.69, 9.17) is 4.74 Å². The van der Waals surface area contributed by atoms with Crippen LogP contribution in [0, 0.1) is 0 Å². The molecular weight excluding hydrogens is 430 g/mol. The maximum Gasteiger partial charge on any atom is 0.243 e. The van der Waals surface area contributed by atoms with Crippen molar-refractivity contribution in [3.63, 3.8) is 0 Å². The molecule has 2 aromatic rings. The number of imide groups is 1. The third-order valence-corrected chi connectivity index (χ3v) is 8.22. The molecule has 1 unspecified atom stereocenters. The molecule has 3 aliphatic heterocycles. The van der Waals surface area contributed by atoms with Crippen LogP contribution in [0.15, 0.2) is 47.4 Å². The van der Waals surface area contributed by atoms with Crippen molar-refractivity contribution in [2.24, 2.45) is 0 Å². The van der Waals surface area contributed by atoms with Crippen LogP contribution >= 0.6 is 0 Å². The number of nitrogens with one attached hydrogen (secondary N) is 1. The van der Waals surface area contributed by atoms with E-state index in [1.807, 2.05) is 30.3 Å². The molecule has 3 aliphatic rings. The summed E-state index contributed by atoms with van der Waals surface area (Å²) in [5.41, 5.74) is 3.66. The molecule has 8 nitrogen and oxygen atoms in total. The van der Waals surface area contributed by atoms with Gasteiger partial charge in [0.2, 0.25) is 21.8 Å². The highest BCUT2D eigenvalue weighted by Crippen LogP contribution is 2.33. The van der Waals surface area contributed by atoms with Crippen molar-refractivity contribution < 1.29 is 22.7 Å². The largest absolute Gasteiger partial charge is 0.378 e. The van der Waals surface area contributed by atoms with Crippen molar-refractivity contribution in [1.29, 1.82) is 0 Å². The zero-order chi connectivity index (χ0) is 22.3. The van der Waals surface area contributed by atoms with Gasteiger partial charge in [0.1, 0.15) is 0 Å². The molecule has 1 atom stereocenters. The zero-order valence-corrected chi connectivity index (χ0v) is 18.4. The first-order valence-corrected chi connectivity index (χ1v) is 12.2. The molecule has 168 valence electrons. The zero-order valence-electron chi connectivity index (χ0n) is 17.6. The quantitative estimate of drug-likeness (QED) is 0.706. The van der Waals surface area contributed by atoms with Gasteiger partial charge in [-0.1, -0.05) is 18.2 Å². The van der Waals surface area contributed by atoms with E-state index >= 15 is 0 Å². The summed E-state index contributed by atoms with van der Waals surface area (Å²) in [4.78, 5) is 26.1. The smallest absolute Gasteiger partial charge is 0.243 e. The summed E-state index contributed by atoms with van der Waals surface area (Å²) in [6, 6.07) is 12.7. The number of ether oxygens (including phenoxy) is 1. The van der Waals surface area contributed by atoms with Crippen LogP contribution in [-0.2, 0) is 37.4 Å². The molecule has 0 radical (unpaired) electrons. The molecule has 0 aliphatic carbocycles. The summed E-state index contributed by atoms with van der Waals surface area (Å²) in [5.74, 6) is -0.912. The van der Waals surface area contributed by atoms with Gasteiger partial charge in [0, 0.05) is 38.3 Å². The second-order valence-electron chi connectivity index (χ2n) is 8.40. The van der Waals surface area contributed by atoms with E-state index in [2.05, 4.69) is 10.2 Å². The molecule has 32 heavy (non-hydrogen) atoms. The van der Waals surface area contributed by atoms with Gasteiger partial charge < -0.3 is 9.64 Å². The van der Waals surface area contributed by atoms with Crippen LogP contribution in [0.1, 0.15) is 35.4 Å². The van der Waals surface area contributed by atoms with Crippen LogP contribution in [0.5, 0.6) is 0 Å². The minimum atomic E-state index is -3.64. The number of hydrogen-bond donors (Lipinski definition) is 1. The standard InChI is InChI=1S/C23H25N3O5S/c27-22-8-7-21(23(28)24-22)16-1-2-17-14-26(15-18(17)13-16)32(29,30)20-5-3-19(4-6-20)25-9-11-31-12-10-25/h1-6,13,21H,7-12,14-15H2,(H,24,27,28). The molecule has 0 bridgehead atoms. The van der Waals surface area contributed by atoms with E-state index < -0.39 is 10.0 Å². The van der Waals surface area contributed by atoms with Gasteiger partial charge in [0.15, 0.2) is 0 Å². The lowest BCUT2D eigenvalue weighted by atomic mass is 9.89. The van der Waals surface area contributed by atoms with Crippen LogP contribution in [0.25, 0.3) is 0 Å². The Labute approximate surface area is 187 Å². The first-order chi connectivity index (χ1) is 15.4. The number of anilines is 1. The van der Waals surface area contributed by atoms with E-state index in [1.54, 1.807) is 12.1 Å². The van der Waals surface area contributed by atoms with Gasteiger partial charge in [-0.05, 0) is 47.4 Å². The molecule has 3 heterocycles. The fourth-order valence-electron chi connectivity index (χ4n) is 4.58. The summed E-state index contributed by atoms with van der Waals surface area (Å²) in [6.45, 7) is 3.51. The number of fused-ring (bicyclic) bond motifs is 1. The summed E-state index contributed by atoms with van der Waals surface area (Å²) >= 11 is 0. The topological polar surface area (TPSA) is 96.0 Å². The van der Waals surface area contributed by atoms with Gasteiger partial charge in [-0.15, -0.1) is 0 Å². The second-order valence-corrected chi connectivity index (χ2v) is 10.3. The van der Waals surface area contributed by atoms with Crippen molar-refractivity contribution >= 4 is 27.5 Å². The third-order valence-electron chi connectivity index (χ3n) is 6.42. The third kappa shape index (κ3) is 3.92. The minimum Gasteiger partial charge on any atom is -0.378 e. The Hall–Kier alpha value is -2.75. The molecule has 5 rings (SSSR count). The molecule has 2 saturated heterocycles. The molecule has 9 heteroatoms. The van der Waals surface area contributed by atoms with E-state index in [1.165, 1.54) is 4.31 Å². The number of sulfonamides is 1. The average molecular weight is 456 g/mol. The average Bonchev–Trinajstić information content (AvgIpc) is 3.24. The van der Waals surface area contributed by atoms with Crippen molar-refractivity contribution in [3.05, 3.63) is 59.2 Å². The number of morpholine rings is 1. The summed E-state index contributed by atoms with van der Waals surface area (Å²) in [5, 5.41) is 2.38. The molecule has 2 aromatic carbocycles. The number of benzene rings is 2. The van der Waals surface area contributed by atoms with Gasteiger partial charge in [-0.3, -0.25) is 14.9 Å². The van der Waals surface area contributed by atoms with Crippen LogP contribution in [0.3, 0.4) is 0 Å². The maximum absolute atomic E-state index is 13.3. The number of hydrogen-bond acceptors (Lipinski definition) is 6. The van der Waals surface area contributed by atoms with Gasteiger partial charge >= 0.3 is 0 Å². The van der Waals surface area contributed by atoms with E-state index in [0.29, 0.717) is 32.6 Å². The van der Waals surface area contributed by atoms with E-state index in [9.17, 15) is 18.0 Å². The number of rotatable bonds is 4. The monoisotopic (exact) mass is 455 g/mol. The fourth-order valence-corrected chi connectivity index (χ4v) is 5.98. The summed E-state index contributed by atoms with van der Waals surface area (Å²) in [7, 11) is -3.64. The van der Waals surface area contributed by atoms with Gasteiger partial charge in [0.25, 0.3) is 0 Å². The predicted octanol–water partition coefficient (Wildman–Crippen LogP) is 1.75. The Kier molecular flexibility index (Phi) is 5.48. The lowest BCUT2D eigenvalue weighted by Gasteiger charge is -2.29. The Bertz CT molecular complexity index is 1160. The van der Waals surface area contributed by atoms with Gasteiger partial charge in [-0.25, -0.2) is 8.42 Å². The first-order valence-electron chi connectivity index (χ1n) is 10.8. The first kappa shape index (κ1) is 21.1. The lowest BCUT2D eigenvalue weighted by molar-refractivity contribution is -0.134. The van der Waals surface area contributed by atoms with Crippen LogP contribution < -0.4 is 10.2 Å². The Morgan fingerprint density at radius 1 is 0.938 bits per heavy atom. The van der Waals surface area contributed by atoms with Crippen LogP contribution in [0.4, 0.5) is 5.69 Å². The number of carbonyl (C=O) groups is 2. The number of carbonyl (C=O) groups excluding carboxylic acids is 2. The number of amides is 2. The fraction of sp³-hybridized carbons (Fsp3) is 0.391. The molecule has 0 saturated carbocycles. The van der Waals surface area contributed by atoms with Crippen LogP contribution in [-0.4, -0.2) is 50.8 Å². The van der Waals surface area contributed by atoms with E-state index in [0.717, 1.165) is 35.5 Å². The van der Waals surface area contributed by atoms with Crippen LogP contribution in [0.2, 0.25) is 0 Å². The maximum atomic E-state index is 13.3. The molecule has 0 spiro atoms. The molecular formula is C23H25N3O5S. The Morgan fingerprint density at radius 3 is 2.38 bits per heavy atom. The summed E-state index contributed by atoms with van der Waals surface area (Å²) in [6.07, 6.45) is 0.787. The lowest BCUT2D eigenvalue weighted by Crippen LogP contribution is -2.39. The van der Waals surface area contributed by atoms with Gasteiger partial charge in [0.05, 0.1) is 24.0 Å². The number of nitrogens with zero attached hydrogens (tertiary/aromatic N) is 2. The second kappa shape index (κ2) is 8.31. The molecule has 0 aromatic heterocycles. The normalized spacial score (nSPS) is 22.0. The Balaban J connectivity index is 1.32. The van der Waals surface area contributed by atoms with Gasteiger partial charge in [-0.2, -0.15) is 4.31 Å². The number of piperidine rings is 1. The van der Waals surface area contributed by atoms with E-state index in [-0.39, 0.29) is 29.2 Å². The highest BCUT2D eigenvalue weighted by Gasteiger charge is 2.33. The predicted molar refractivity (Wildman–Crippen MR) is 117 cm³/mol.